The first-order valence-corrected chi connectivity index (χ1v) is 13.0. The molecule has 2 heterocycles. The van der Waals surface area contributed by atoms with Gasteiger partial charge in [0.25, 0.3) is 5.91 Å². The van der Waals surface area contributed by atoms with Gasteiger partial charge in [-0.15, -0.1) is 5.10 Å². The summed E-state index contributed by atoms with van der Waals surface area (Å²) in [7, 11) is 0. The van der Waals surface area contributed by atoms with E-state index >= 15 is 8.78 Å². The Morgan fingerprint density at radius 2 is 1.90 bits per heavy atom. The molecule has 1 atom stereocenters. The van der Waals surface area contributed by atoms with E-state index in [1.165, 1.54) is 41.1 Å². The highest BCUT2D eigenvalue weighted by molar-refractivity contribution is 5.98. The van der Waals surface area contributed by atoms with Crippen molar-refractivity contribution in [2.45, 2.75) is 43.9 Å². The number of fused-ring (bicyclic) bond motifs is 1. The first-order valence-electron chi connectivity index (χ1n) is 13.0. The van der Waals surface area contributed by atoms with Crippen molar-refractivity contribution in [1.29, 1.82) is 5.26 Å². The highest BCUT2D eigenvalue weighted by Crippen LogP contribution is 2.39. The highest BCUT2D eigenvalue weighted by Gasteiger charge is 2.36. The lowest BCUT2D eigenvalue weighted by Gasteiger charge is -2.36. The summed E-state index contributed by atoms with van der Waals surface area (Å²) in [5, 5.41) is 27.7. The number of carbonyl (C=O) groups excluding carboxylic acids is 1. The maximum Gasteiger partial charge on any atom is 0.253 e. The molecule has 11 heteroatoms. The topological polar surface area (TPSA) is 121 Å². The van der Waals surface area contributed by atoms with Gasteiger partial charge in [-0.25, -0.2) is 17.9 Å². The number of hydrogen-bond donors (Lipinski definition) is 2. The number of halogens is 3. The van der Waals surface area contributed by atoms with Crippen LogP contribution < -0.4 is 5.73 Å². The van der Waals surface area contributed by atoms with Crippen LogP contribution in [-0.4, -0.2) is 55.6 Å². The van der Waals surface area contributed by atoms with Crippen molar-refractivity contribution < 1.29 is 23.1 Å². The summed E-state index contributed by atoms with van der Waals surface area (Å²) in [6, 6.07) is 11.4. The second-order valence-electron chi connectivity index (χ2n) is 10.6. The van der Waals surface area contributed by atoms with Gasteiger partial charge < -0.3 is 15.7 Å². The third-order valence-electron chi connectivity index (χ3n) is 7.88. The lowest BCUT2D eigenvalue weighted by molar-refractivity contribution is -0.0493. The molecule has 8 nitrogen and oxygen atoms in total. The fourth-order valence-corrected chi connectivity index (χ4v) is 5.48. The number of nitrogens with two attached hydrogens (primary N) is 1. The maximum absolute atomic E-state index is 15.7. The third-order valence-corrected chi connectivity index (χ3v) is 7.88. The molecule has 1 aliphatic carbocycles. The van der Waals surface area contributed by atoms with E-state index in [4.69, 9.17) is 11.0 Å². The van der Waals surface area contributed by atoms with E-state index in [-0.39, 0.29) is 62.9 Å². The van der Waals surface area contributed by atoms with E-state index in [0.29, 0.717) is 32.4 Å². The quantitative estimate of drug-likeness (QED) is 0.388. The van der Waals surface area contributed by atoms with Crippen molar-refractivity contribution in [1.82, 2.24) is 19.9 Å². The van der Waals surface area contributed by atoms with E-state index < -0.39 is 23.1 Å². The van der Waals surface area contributed by atoms with Crippen LogP contribution >= 0.6 is 0 Å². The van der Waals surface area contributed by atoms with Crippen LogP contribution in [0.1, 0.15) is 41.6 Å². The van der Waals surface area contributed by atoms with Gasteiger partial charge in [0.1, 0.15) is 22.9 Å². The average Bonchev–Trinajstić information content (AvgIpc) is 3.55. The van der Waals surface area contributed by atoms with Crippen LogP contribution in [0.3, 0.4) is 0 Å². The van der Waals surface area contributed by atoms with Crippen LogP contribution in [-0.2, 0) is 6.54 Å². The molecule has 1 unspecified atom stereocenters. The molecule has 204 valence electrons. The molecule has 1 aliphatic heterocycles. The Balaban J connectivity index is 1.49. The third kappa shape index (κ3) is 4.39. The molecule has 0 radical (unpaired) electrons. The maximum atomic E-state index is 15.7. The van der Waals surface area contributed by atoms with Crippen molar-refractivity contribution in [3.8, 4) is 28.3 Å². The standard InChI is InChI=1S/C29H25F3N6O2/c30-23-11-16(2-3-18(23)13-33)21-10-17(28(39)37-9-6-19(34)14-37)4-5-20(21)22-12-24-27(26(32)25(22)31)38(36-35-24)15-29(40)7-1-8-29/h2-5,10-12,19,40H,1,6-9,14-15,34H2. The molecule has 0 bridgehead atoms. The molecule has 1 amide bonds. The number of benzene rings is 3. The predicted molar refractivity (Wildman–Crippen MR) is 140 cm³/mol. The molecular formula is C29H25F3N6O2. The molecule has 2 fully saturated rings. The first-order chi connectivity index (χ1) is 19.2. The van der Waals surface area contributed by atoms with Gasteiger partial charge in [-0.2, -0.15) is 5.26 Å². The van der Waals surface area contributed by atoms with Crippen molar-refractivity contribution in [3.63, 3.8) is 0 Å². The first kappa shape index (κ1) is 26.0. The number of amides is 1. The highest BCUT2D eigenvalue weighted by atomic mass is 19.2. The summed E-state index contributed by atoms with van der Waals surface area (Å²) >= 11 is 0. The minimum Gasteiger partial charge on any atom is -0.388 e. The van der Waals surface area contributed by atoms with Gasteiger partial charge in [0.2, 0.25) is 0 Å². The van der Waals surface area contributed by atoms with Crippen LogP contribution in [0.4, 0.5) is 13.2 Å². The largest absolute Gasteiger partial charge is 0.388 e. The second kappa shape index (κ2) is 9.73. The molecule has 0 spiro atoms. The fraction of sp³-hybridized carbons (Fsp3) is 0.310. The Bertz CT molecular complexity index is 1710. The van der Waals surface area contributed by atoms with Gasteiger partial charge in [-0.3, -0.25) is 4.79 Å². The molecule has 3 N–H and O–H groups in total. The Morgan fingerprint density at radius 1 is 1.10 bits per heavy atom. The van der Waals surface area contributed by atoms with Crippen molar-refractivity contribution in [2.75, 3.05) is 13.1 Å². The average molecular weight is 547 g/mol. The number of aromatic nitrogens is 3. The molecular weight excluding hydrogens is 521 g/mol. The normalized spacial score (nSPS) is 18.1. The molecule has 2 aliphatic rings. The van der Waals surface area contributed by atoms with Gasteiger partial charge in [-0.05, 0) is 72.7 Å². The summed E-state index contributed by atoms with van der Waals surface area (Å²) in [6.45, 7) is 0.874. The molecule has 1 saturated heterocycles. The number of nitrogens with zero attached hydrogens (tertiary/aromatic N) is 5. The van der Waals surface area contributed by atoms with E-state index in [1.54, 1.807) is 11.0 Å². The number of likely N-dealkylation sites (tertiary alicyclic amines) is 1. The second-order valence-corrected chi connectivity index (χ2v) is 10.6. The SMILES string of the molecule is N#Cc1ccc(-c2cc(C(=O)N3CCC(N)C3)ccc2-c2cc3nnn(CC4(O)CCC4)c3c(F)c2F)cc1F. The monoisotopic (exact) mass is 546 g/mol. The lowest BCUT2D eigenvalue weighted by Crippen LogP contribution is -2.41. The summed E-state index contributed by atoms with van der Waals surface area (Å²) in [5.74, 6) is -3.42. The van der Waals surface area contributed by atoms with Gasteiger partial charge >= 0.3 is 0 Å². The fourth-order valence-electron chi connectivity index (χ4n) is 5.48. The number of rotatable bonds is 5. The van der Waals surface area contributed by atoms with Gasteiger partial charge in [0.05, 0.1) is 17.7 Å². The Kier molecular flexibility index (Phi) is 6.32. The predicted octanol–water partition coefficient (Wildman–Crippen LogP) is 4.14. The van der Waals surface area contributed by atoms with E-state index in [2.05, 4.69) is 10.3 Å². The summed E-state index contributed by atoms with van der Waals surface area (Å²) in [4.78, 5) is 14.8. The van der Waals surface area contributed by atoms with Gasteiger partial charge in [-0.1, -0.05) is 17.3 Å². The van der Waals surface area contributed by atoms with Crippen LogP contribution in [0.2, 0.25) is 0 Å². The molecule has 6 rings (SSSR count). The van der Waals surface area contributed by atoms with Crippen molar-refractivity contribution in [2.24, 2.45) is 5.73 Å². The van der Waals surface area contributed by atoms with E-state index in [0.717, 1.165) is 12.5 Å². The lowest BCUT2D eigenvalue weighted by atomic mass is 9.80. The molecule has 3 aromatic carbocycles. The zero-order valence-electron chi connectivity index (χ0n) is 21.4. The number of aliphatic hydroxyl groups is 1. The van der Waals surface area contributed by atoms with Crippen molar-refractivity contribution in [3.05, 3.63) is 71.0 Å². The van der Waals surface area contributed by atoms with Crippen molar-refractivity contribution >= 4 is 16.9 Å². The van der Waals surface area contributed by atoms with Crippen LogP contribution in [0.5, 0.6) is 0 Å². The Morgan fingerprint density at radius 3 is 2.55 bits per heavy atom. The zero-order valence-corrected chi connectivity index (χ0v) is 21.4. The number of carbonyl (C=O) groups is 1. The van der Waals surface area contributed by atoms with Gasteiger partial charge in [0.15, 0.2) is 11.6 Å². The van der Waals surface area contributed by atoms with Gasteiger partial charge in [0, 0.05) is 30.3 Å². The zero-order chi connectivity index (χ0) is 28.2. The molecule has 1 aromatic heterocycles. The molecule has 4 aromatic rings. The minimum absolute atomic E-state index is 0.00800. The number of hydrogen-bond acceptors (Lipinski definition) is 6. The van der Waals surface area contributed by atoms with Crippen LogP contribution in [0.25, 0.3) is 33.3 Å². The Hall–Kier alpha value is -4.27. The summed E-state index contributed by atoms with van der Waals surface area (Å²) in [5.41, 5.74) is 5.55. The Labute approximate surface area is 227 Å². The summed E-state index contributed by atoms with van der Waals surface area (Å²) in [6.07, 6.45) is 2.58. The van der Waals surface area contributed by atoms with E-state index in [1.807, 2.05) is 0 Å². The van der Waals surface area contributed by atoms with E-state index in [9.17, 15) is 14.3 Å². The minimum atomic E-state index is -1.18. The smallest absolute Gasteiger partial charge is 0.253 e. The molecule has 1 saturated carbocycles. The van der Waals surface area contributed by atoms with Crippen LogP contribution in [0, 0.1) is 28.8 Å². The number of nitriles is 1. The summed E-state index contributed by atoms with van der Waals surface area (Å²) < 4.78 is 47.1. The van der Waals surface area contributed by atoms with Crippen LogP contribution in [0.15, 0.2) is 42.5 Å². The molecule has 40 heavy (non-hydrogen) atoms.